The van der Waals surface area contributed by atoms with Gasteiger partial charge in [0.2, 0.25) is 0 Å². The lowest BCUT2D eigenvalue weighted by atomic mass is 10.0. The number of nitrogens with one attached hydrogen (secondary N) is 1. The third-order valence-electron chi connectivity index (χ3n) is 6.59. The molecule has 34 heavy (non-hydrogen) atoms. The van der Waals surface area contributed by atoms with Crippen molar-refractivity contribution in [2.75, 3.05) is 4.72 Å². The maximum Gasteiger partial charge on any atom is 0.262 e. The largest absolute Gasteiger partial charge is 0.280 e. The van der Waals surface area contributed by atoms with Gasteiger partial charge in [-0.3, -0.25) is 4.72 Å². The molecule has 190 valence electrons. The van der Waals surface area contributed by atoms with Gasteiger partial charge in [-0.2, -0.15) is 0 Å². The van der Waals surface area contributed by atoms with Crippen LogP contribution in [0.2, 0.25) is 0 Å². The predicted molar refractivity (Wildman–Crippen MR) is 147 cm³/mol. The molecule has 1 N–H and O–H groups in total. The maximum absolute atomic E-state index is 12.9. The van der Waals surface area contributed by atoms with E-state index in [-0.39, 0.29) is 0 Å². The molecule has 0 aromatic heterocycles. The van der Waals surface area contributed by atoms with Gasteiger partial charge in [-0.15, -0.1) is 0 Å². The Bertz CT molecular complexity index is 864. The van der Waals surface area contributed by atoms with E-state index in [1.165, 1.54) is 96.3 Å². The molecular weight excluding hydrogens is 438 g/mol. The summed E-state index contributed by atoms with van der Waals surface area (Å²) < 4.78 is 28.5. The van der Waals surface area contributed by atoms with Gasteiger partial charge in [0.15, 0.2) is 0 Å². The number of anilines is 1. The zero-order chi connectivity index (χ0) is 24.3. The normalized spacial score (nSPS) is 11.6. The first kappa shape index (κ1) is 28.4. The van der Waals surface area contributed by atoms with Gasteiger partial charge in [0.1, 0.15) is 0 Å². The molecule has 0 atom stereocenters. The van der Waals surface area contributed by atoms with E-state index in [1.807, 2.05) is 30.3 Å². The lowest BCUT2D eigenvalue weighted by Gasteiger charge is -2.12. The van der Waals surface area contributed by atoms with Crippen molar-refractivity contribution in [1.82, 2.24) is 0 Å². The van der Waals surface area contributed by atoms with Crippen LogP contribution in [-0.4, -0.2) is 8.42 Å². The van der Waals surface area contributed by atoms with Crippen LogP contribution >= 0.6 is 0 Å². The first-order chi connectivity index (χ1) is 16.6. The van der Waals surface area contributed by atoms with Crippen LogP contribution in [0.1, 0.15) is 115 Å². The van der Waals surface area contributed by atoms with Gasteiger partial charge in [0.05, 0.1) is 4.90 Å². The molecule has 0 saturated carbocycles. The Labute approximate surface area is 209 Å². The highest BCUT2D eigenvalue weighted by molar-refractivity contribution is 7.92. The van der Waals surface area contributed by atoms with Gasteiger partial charge in [-0.25, -0.2) is 8.42 Å². The molecule has 0 aliphatic carbocycles. The molecule has 0 fully saturated rings. The van der Waals surface area contributed by atoms with Crippen molar-refractivity contribution in [3.63, 3.8) is 0 Å². The molecule has 3 nitrogen and oxygen atoms in total. The third-order valence-corrected chi connectivity index (χ3v) is 8.07. The molecular formula is C30H47NO2S. The van der Waals surface area contributed by atoms with Crippen molar-refractivity contribution in [3.05, 3.63) is 60.2 Å². The molecule has 0 amide bonds. The third kappa shape index (κ3) is 12.1. The number of aryl methyl sites for hydroxylation is 1. The number of benzene rings is 2. The molecule has 2 aromatic rings. The van der Waals surface area contributed by atoms with Gasteiger partial charge < -0.3 is 0 Å². The Balaban J connectivity index is 1.53. The van der Waals surface area contributed by atoms with Crippen LogP contribution in [0.5, 0.6) is 0 Å². The van der Waals surface area contributed by atoms with Crippen LogP contribution in [0.15, 0.2) is 59.5 Å². The maximum atomic E-state index is 12.9. The van der Waals surface area contributed by atoms with E-state index in [1.54, 1.807) is 24.3 Å². The second-order valence-corrected chi connectivity index (χ2v) is 11.3. The number of unbranched alkanes of at least 4 members (excludes halogenated alkanes) is 15. The van der Waals surface area contributed by atoms with Crippen molar-refractivity contribution in [1.29, 1.82) is 0 Å². The Morgan fingerprint density at radius 1 is 0.559 bits per heavy atom. The van der Waals surface area contributed by atoms with Gasteiger partial charge in [-0.05, 0) is 36.6 Å². The van der Waals surface area contributed by atoms with Gasteiger partial charge >= 0.3 is 0 Å². The van der Waals surface area contributed by atoms with Crippen LogP contribution in [0.4, 0.5) is 5.69 Å². The van der Waals surface area contributed by atoms with Crippen molar-refractivity contribution in [3.8, 4) is 0 Å². The second-order valence-electron chi connectivity index (χ2n) is 9.63. The van der Waals surface area contributed by atoms with Gasteiger partial charge in [0, 0.05) is 5.69 Å². The van der Waals surface area contributed by atoms with Crippen molar-refractivity contribution in [2.45, 2.75) is 121 Å². The number of para-hydroxylation sites is 1. The summed E-state index contributed by atoms with van der Waals surface area (Å²) in [6, 6.07) is 16.5. The van der Waals surface area contributed by atoms with Gasteiger partial charge in [0.25, 0.3) is 10.0 Å². The van der Waals surface area contributed by atoms with Crippen LogP contribution in [-0.2, 0) is 16.4 Å². The van der Waals surface area contributed by atoms with Gasteiger partial charge in [-0.1, -0.05) is 140 Å². The molecule has 4 heteroatoms. The highest BCUT2D eigenvalue weighted by Crippen LogP contribution is 2.22. The number of rotatable bonds is 20. The van der Waals surface area contributed by atoms with Crippen LogP contribution in [0, 0.1) is 0 Å². The van der Waals surface area contributed by atoms with Crippen molar-refractivity contribution >= 4 is 15.7 Å². The Morgan fingerprint density at radius 2 is 1.00 bits per heavy atom. The fourth-order valence-electron chi connectivity index (χ4n) is 4.55. The van der Waals surface area contributed by atoms with Crippen LogP contribution < -0.4 is 4.72 Å². The molecule has 0 heterocycles. The number of hydrogen-bond donors (Lipinski definition) is 1. The Kier molecular flexibility index (Phi) is 14.7. The molecule has 0 aliphatic heterocycles. The predicted octanol–water partition coefficient (Wildman–Crippen LogP) is 9.29. The molecule has 0 bridgehead atoms. The summed E-state index contributed by atoms with van der Waals surface area (Å²) in [7, 11) is -3.57. The average molecular weight is 486 g/mol. The smallest absolute Gasteiger partial charge is 0.262 e. The lowest BCUT2D eigenvalue weighted by molar-refractivity contribution is 0.529. The molecule has 0 saturated heterocycles. The fraction of sp³-hybridized carbons (Fsp3) is 0.600. The minimum absolute atomic E-state index is 0.403. The summed E-state index contributed by atoms with van der Waals surface area (Å²) >= 11 is 0. The number of hydrogen-bond acceptors (Lipinski definition) is 2. The van der Waals surface area contributed by atoms with E-state index in [4.69, 9.17) is 0 Å². The zero-order valence-corrected chi connectivity index (χ0v) is 22.3. The first-order valence-corrected chi connectivity index (χ1v) is 15.3. The van der Waals surface area contributed by atoms with Crippen molar-refractivity contribution < 1.29 is 8.42 Å². The number of sulfonamides is 1. The monoisotopic (exact) mass is 485 g/mol. The summed E-state index contributed by atoms with van der Waals surface area (Å²) in [5.41, 5.74) is 1.51. The van der Waals surface area contributed by atoms with E-state index in [0.29, 0.717) is 10.6 Å². The minimum atomic E-state index is -3.57. The van der Waals surface area contributed by atoms with E-state index >= 15 is 0 Å². The quantitative estimate of drug-likeness (QED) is 0.190. The summed E-state index contributed by atoms with van der Waals surface area (Å²) in [5.74, 6) is 0. The topological polar surface area (TPSA) is 46.2 Å². The molecule has 2 aromatic carbocycles. The SMILES string of the molecule is CCCCCCCCCCCCCCCCCCc1ccccc1S(=O)(=O)Nc1ccccc1. The summed E-state index contributed by atoms with van der Waals surface area (Å²) in [6.07, 6.45) is 22.3. The summed E-state index contributed by atoms with van der Waals surface area (Å²) in [5, 5.41) is 0. The molecule has 0 spiro atoms. The molecule has 0 unspecified atom stereocenters. The Morgan fingerprint density at radius 3 is 1.53 bits per heavy atom. The van der Waals surface area contributed by atoms with Crippen LogP contribution in [0.3, 0.4) is 0 Å². The minimum Gasteiger partial charge on any atom is -0.280 e. The van der Waals surface area contributed by atoms with E-state index < -0.39 is 10.0 Å². The zero-order valence-electron chi connectivity index (χ0n) is 21.4. The van der Waals surface area contributed by atoms with E-state index in [9.17, 15) is 8.42 Å². The lowest BCUT2D eigenvalue weighted by Crippen LogP contribution is -2.15. The average Bonchev–Trinajstić information content (AvgIpc) is 2.84. The highest BCUT2D eigenvalue weighted by atomic mass is 32.2. The van der Waals surface area contributed by atoms with E-state index in [2.05, 4.69) is 11.6 Å². The summed E-state index contributed by atoms with van der Waals surface area (Å²) in [6.45, 7) is 2.28. The van der Waals surface area contributed by atoms with Crippen LogP contribution in [0.25, 0.3) is 0 Å². The molecule has 0 radical (unpaired) electrons. The second kappa shape index (κ2) is 17.6. The fourth-order valence-corrected chi connectivity index (χ4v) is 5.88. The first-order valence-electron chi connectivity index (χ1n) is 13.8. The Hall–Kier alpha value is -1.81. The molecule has 0 aliphatic rings. The standard InChI is InChI=1S/C30H47NO2S/c1-2-3-4-5-6-7-8-9-10-11-12-13-14-15-16-18-23-28-24-21-22-27-30(28)34(32,33)31-29-25-19-17-20-26-29/h17,19-22,24-27,31H,2-16,18,23H2,1H3. The van der Waals surface area contributed by atoms with Crippen molar-refractivity contribution in [2.24, 2.45) is 0 Å². The van der Waals surface area contributed by atoms with E-state index in [0.717, 1.165) is 18.4 Å². The highest BCUT2D eigenvalue weighted by Gasteiger charge is 2.17. The summed E-state index contributed by atoms with van der Waals surface area (Å²) in [4.78, 5) is 0.403. The molecule has 2 rings (SSSR count).